The summed E-state index contributed by atoms with van der Waals surface area (Å²) in [6, 6.07) is 0.0793. The Balaban J connectivity index is 1.40. The molecule has 0 aromatic heterocycles. The normalized spacial score (nSPS) is 45.1. The van der Waals surface area contributed by atoms with Crippen molar-refractivity contribution in [2.24, 2.45) is 62.1 Å². The van der Waals surface area contributed by atoms with E-state index in [1.54, 1.807) is 0 Å². The van der Waals surface area contributed by atoms with Crippen molar-refractivity contribution in [3.05, 3.63) is 12.2 Å². The van der Waals surface area contributed by atoms with Gasteiger partial charge in [-0.15, -0.1) is 0 Å². The highest BCUT2D eigenvalue weighted by molar-refractivity contribution is 5.78. The first-order valence-electron chi connectivity index (χ1n) is 17.2. The van der Waals surface area contributed by atoms with Crippen molar-refractivity contribution in [1.82, 2.24) is 5.32 Å². The topological polar surface area (TPSA) is 104 Å². The van der Waals surface area contributed by atoms with Gasteiger partial charge < -0.3 is 15.5 Å². The molecule has 5 saturated carbocycles. The van der Waals surface area contributed by atoms with Crippen molar-refractivity contribution in [2.75, 3.05) is 0 Å². The Hall–Kier alpha value is -1.85. The van der Waals surface area contributed by atoms with Crippen molar-refractivity contribution in [2.45, 2.75) is 138 Å². The Kier molecular flexibility index (Phi) is 7.82. The second-order valence-corrected chi connectivity index (χ2v) is 18.0. The summed E-state index contributed by atoms with van der Waals surface area (Å²) in [5, 5.41) is 23.3. The third-order valence-corrected chi connectivity index (χ3v) is 15.1. The molecule has 5 aliphatic carbocycles. The van der Waals surface area contributed by atoms with Crippen molar-refractivity contribution < 1.29 is 24.6 Å². The van der Waals surface area contributed by atoms with Crippen LogP contribution in [0.1, 0.15) is 132 Å². The van der Waals surface area contributed by atoms with E-state index in [0.717, 1.165) is 64.2 Å². The lowest BCUT2D eigenvalue weighted by molar-refractivity contribution is -0.240. The molecule has 0 heterocycles. The molecule has 0 spiro atoms. The zero-order chi connectivity index (χ0) is 32.0. The van der Waals surface area contributed by atoms with Gasteiger partial charge in [0.1, 0.15) is 0 Å². The highest BCUT2D eigenvalue weighted by Gasteiger charge is 2.72. The van der Waals surface area contributed by atoms with Gasteiger partial charge in [0, 0.05) is 12.5 Å². The maximum atomic E-state index is 13.2. The van der Waals surface area contributed by atoms with Crippen LogP contribution in [0.4, 0.5) is 0 Å². The summed E-state index contributed by atoms with van der Waals surface area (Å²) < 4.78 is 0. The Morgan fingerprint density at radius 2 is 1.49 bits per heavy atom. The van der Waals surface area contributed by atoms with E-state index in [4.69, 9.17) is 0 Å². The van der Waals surface area contributed by atoms with Crippen LogP contribution in [0.5, 0.6) is 0 Å². The van der Waals surface area contributed by atoms with E-state index in [-0.39, 0.29) is 52.4 Å². The summed E-state index contributed by atoms with van der Waals surface area (Å²) in [5.41, 5.74) is 0.366. The Labute approximate surface area is 260 Å². The molecule has 0 saturated heterocycles. The molecule has 10 atom stereocenters. The fourth-order valence-electron chi connectivity index (χ4n) is 12.9. The number of nitrogens with one attached hydrogen (secondary N) is 1. The summed E-state index contributed by atoms with van der Waals surface area (Å²) in [4.78, 5) is 37.4. The predicted octanol–water partition coefficient (Wildman–Crippen LogP) is 8.10. The zero-order valence-corrected chi connectivity index (χ0v) is 28.3. The van der Waals surface area contributed by atoms with E-state index in [9.17, 15) is 24.6 Å². The number of rotatable bonds is 7. The number of carboxylic acids is 2. The molecule has 0 aromatic rings. The van der Waals surface area contributed by atoms with Gasteiger partial charge in [0.25, 0.3) is 0 Å². The van der Waals surface area contributed by atoms with Gasteiger partial charge in [0.15, 0.2) is 0 Å². The summed E-state index contributed by atoms with van der Waals surface area (Å²) in [6.45, 7) is 22.6. The molecule has 0 aromatic carbocycles. The first-order valence-corrected chi connectivity index (χ1v) is 17.2. The van der Waals surface area contributed by atoms with E-state index in [2.05, 4.69) is 53.4 Å². The fourth-order valence-corrected chi connectivity index (χ4v) is 12.9. The number of allylic oxidation sites excluding steroid dienone is 1. The number of amides is 1. The largest absolute Gasteiger partial charge is 0.481 e. The average molecular weight is 598 g/mol. The van der Waals surface area contributed by atoms with Crippen LogP contribution in [0.2, 0.25) is 0 Å². The van der Waals surface area contributed by atoms with Crippen molar-refractivity contribution in [3.8, 4) is 0 Å². The standard InChI is InChI=1S/C37H59NO5/c1-22(2)23-12-17-37(31(42)43)19-18-35(8)24(30(23)37)10-11-26-34(7)15-14-27(33(5,6)25(34)13-16-36(26,35)9)38-28(39)20-32(3,4)21-29(40)41/h23-27,30H,1,10-21H2,2-9H3,(H,38,39)(H,40,41)(H,42,43)/t23-,24+,25-,26+,27+,30+,34-,35+,36+,37-/m0/s1. The molecule has 0 unspecified atom stereocenters. The Morgan fingerprint density at radius 3 is 2.09 bits per heavy atom. The monoisotopic (exact) mass is 597 g/mol. The third kappa shape index (κ3) is 4.73. The van der Waals surface area contributed by atoms with Crippen LogP contribution < -0.4 is 5.32 Å². The van der Waals surface area contributed by atoms with Crippen LogP contribution in [0.25, 0.3) is 0 Å². The first-order chi connectivity index (χ1) is 19.7. The van der Waals surface area contributed by atoms with E-state index >= 15 is 0 Å². The summed E-state index contributed by atoms with van der Waals surface area (Å²) in [6.07, 6.45) is 10.4. The quantitative estimate of drug-likeness (QED) is 0.257. The summed E-state index contributed by atoms with van der Waals surface area (Å²) >= 11 is 0. The van der Waals surface area contributed by atoms with E-state index in [1.807, 2.05) is 13.8 Å². The van der Waals surface area contributed by atoms with Crippen molar-refractivity contribution >= 4 is 17.8 Å². The summed E-state index contributed by atoms with van der Waals surface area (Å²) in [7, 11) is 0. The predicted molar refractivity (Wildman–Crippen MR) is 169 cm³/mol. The number of fused-ring (bicyclic) bond motifs is 7. The second kappa shape index (κ2) is 10.3. The molecule has 5 fully saturated rings. The number of carbonyl (C=O) groups is 3. The fraction of sp³-hybridized carbons (Fsp3) is 0.865. The van der Waals surface area contributed by atoms with E-state index < -0.39 is 22.8 Å². The van der Waals surface area contributed by atoms with E-state index in [0.29, 0.717) is 23.7 Å². The average Bonchev–Trinajstić information content (AvgIpc) is 3.26. The van der Waals surface area contributed by atoms with Gasteiger partial charge in [0.05, 0.1) is 11.8 Å². The molecule has 242 valence electrons. The van der Waals surface area contributed by atoms with Gasteiger partial charge in [-0.3, -0.25) is 14.4 Å². The SMILES string of the molecule is C=C(C)[C@@H]1CC[C@]2(C(=O)O)CC[C@]3(C)[C@H](CC[C@@H]4[C@@]5(C)CC[C@@H](NC(=O)CC(C)(C)CC(=O)O)C(C)(C)[C@@H]5CC[C@]43C)[C@@H]12. The minimum absolute atomic E-state index is 0.0171. The molecular weight excluding hydrogens is 538 g/mol. The molecule has 43 heavy (non-hydrogen) atoms. The molecule has 6 heteroatoms. The molecule has 5 aliphatic rings. The molecular formula is C37H59NO5. The molecule has 0 aliphatic heterocycles. The van der Waals surface area contributed by atoms with Gasteiger partial charge in [-0.1, -0.05) is 60.6 Å². The highest BCUT2D eigenvalue weighted by Crippen LogP contribution is 2.77. The summed E-state index contributed by atoms with van der Waals surface area (Å²) in [5.74, 6) is 0.515. The van der Waals surface area contributed by atoms with Crippen LogP contribution in [0.3, 0.4) is 0 Å². The minimum Gasteiger partial charge on any atom is -0.481 e. The van der Waals surface area contributed by atoms with Gasteiger partial charge >= 0.3 is 11.9 Å². The second-order valence-electron chi connectivity index (χ2n) is 18.0. The maximum absolute atomic E-state index is 13.2. The molecule has 0 radical (unpaired) electrons. The maximum Gasteiger partial charge on any atom is 0.309 e. The van der Waals surface area contributed by atoms with Crippen LogP contribution in [-0.2, 0) is 14.4 Å². The lowest BCUT2D eigenvalue weighted by Gasteiger charge is -2.73. The lowest BCUT2D eigenvalue weighted by atomic mass is 9.32. The lowest BCUT2D eigenvalue weighted by Crippen LogP contribution is -2.68. The molecule has 5 rings (SSSR count). The van der Waals surface area contributed by atoms with Gasteiger partial charge in [0.2, 0.25) is 5.91 Å². The number of aliphatic carboxylic acids is 2. The van der Waals surface area contributed by atoms with Crippen LogP contribution in [0.15, 0.2) is 12.2 Å². The Bertz CT molecular complexity index is 1190. The molecule has 6 nitrogen and oxygen atoms in total. The minimum atomic E-state index is -0.866. The van der Waals surface area contributed by atoms with Crippen molar-refractivity contribution in [1.29, 1.82) is 0 Å². The highest BCUT2D eigenvalue weighted by atomic mass is 16.4. The number of carboxylic acid groups (broad SMARTS) is 2. The Morgan fingerprint density at radius 1 is 0.814 bits per heavy atom. The zero-order valence-electron chi connectivity index (χ0n) is 28.3. The number of hydrogen-bond donors (Lipinski definition) is 3. The van der Waals surface area contributed by atoms with Gasteiger partial charge in [-0.05, 0) is 128 Å². The third-order valence-electron chi connectivity index (χ3n) is 15.1. The number of hydrogen-bond acceptors (Lipinski definition) is 3. The smallest absolute Gasteiger partial charge is 0.309 e. The molecule has 3 N–H and O–H groups in total. The number of carbonyl (C=O) groups excluding carboxylic acids is 1. The molecule has 1 amide bonds. The van der Waals surface area contributed by atoms with Gasteiger partial charge in [-0.2, -0.15) is 0 Å². The van der Waals surface area contributed by atoms with E-state index in [1.165, 1.54) is 5.57 Å². The first kappa shape index (κ1) is 32.5. The molecule has 0 bridgehead atoms. The van der Waals surface area contributed by atoms with Gasteiger partial charge in [-0.25, -0.2) is 0 Å². The van der Waals surface area contributed by atoms with Crippen molar-refractivity contribution in [3.63, 3.8) is 0 Å². The van der Waals surface area contributed by atoms with Crippen LogP contribution in [-0.4, -0.2) is 34.1 Å². The van der Waals surface area contributed by atoms with Crippen LogP contribution in [0, 0.1) is 62.1 Å². The van der Waals surface area contributed by atoms with Crippen LogP contribution >= 0.6 is 0 Å².